The highest BCUT2D eigenvalue weighted by molar-refractivity contribution is 7.45. The summed E-state index contributed by atoms with van der Waals surface area (Å²) in [5, 5.41) is 13.9. The minimum absolute atomic E-state index is 0.00729. The van der Waals surface area contributed by atoms with Crippen molar-refractivity contribution in [1.82, 2.24) is 5.32 Å². The number of aliphatic hydroxyl groups excluding tert-OH is 1. The Morgan fingerprint density at radius 2 is 0.778 bits per heavy atom. The van der Waals surface area contributed by atoms with Crippen LogP contribution in [0.2, 0.25) is 0 Å². The first-order valence-electron chi connectivity index (χ1n) is 31.4. The van der Waals surface area contributed by atoms with E-state index in [0.717, 1.165) is 44.9 Å². The van der Waals surface area contributed by atoms with Crippen molar-refractivity contribution in [3.8, 4) is 0 Å². The Balaban J connectivity index is 4.17. The third kappa shape index (κ3) is 56.4. The number of quaternary nitrogens is 1. The van der Waals surface area contributed by atoms with Crippen LogP contribution in [0.3, 0.4) is 0 Å². The molecule has 426 valence electrons. The molecule has 0 aliphatic carbocycles. The predicted octanol–water partition coefficient (Wildman–Crippen LogP) is 18.7. The van der Waals surface area contributed by atoms with E-state index in [0.29, 0.717) is 17.4 Å². The zero-order valence-corrected chi connectivity index (χ0v) is 49.5. The number of phosphoric acid groups is 1. The van der Waals surface area contributed by atoms with Crippen molar-refractivity contribution in [3.05, 3.63) is 36.5 Å². The Morgan fingerprint density at radius 1 is 0.472 bits per heavy atom. The number of phosphoric ester groups is 1. The van der Waals surface area contributed by atoms with E-state index in [-0.39, 0.29) is 12.5 Å². The van der Waals surface area contributed by atoms with Crippen LogP contribution in [-0.2, 0) is 18.4 Å². The van der Waals surface area contributed by atoms with Gasteiger partial charge in [-0.25, -0.2) is 0 Å². The molecule has 0 aliphatic heterocycles. The van der Waals surface area contributed by atoms with Crippen molar-refractivity contribution in [3.63, 3.8) is 0 Å². The quantitative estimate of drug-likeness (QED) is 0.0272. The first-order chi connectivity index (χ1) is 35.0. The summed E-state index contributed by atoms with van der Waals surface area (Å²) in [7, 11) is 1.25. The van der Waals surface area contributed by atoms with E-state index in [1.54, 1.807) is 6.08 Å². The number of unbranched alkanes of at least 4 members (excludes halogenated alkanes) is 41. The van der Waals surface area contributed by atoms with Gasteiger partial charge >= 0.3 is 0 Å². The summed E-state index contributed by atoms with van der Waals surface area (Å²) in [5.74, 6) is -0.206. The first kappa shape index (κ1) is 70.7. The van der Waals surface area contributed by atoms with Crippen molar-refractivity contribution in [2.24, 2.45) is 0 Å². The number of carbonyl (C=O) groups excluding carboxylic acids is 1. The monoisotopic (exact) mass is 1030 g/mol. The number of hydrogen-bond donors (Lipinski definition) is 2. The molecule has 0 aromatic rings. The lowest BCUT2D eigenvalue weighted by atomic mass is 10.0. The van der Waals surface area contributed by atoms with Crippen LogP contribution in [0.5, 0.6) is 0 Å². The normalized spacial score (nSPS) is 14.0. The fourth-order valence-electron chi connectivity index (χ4n) is 9.42. The van der Waals surface area contributed by atoms with Crippen LogP contribution in [0.4, 0.5) is 0 Å². The summed E-state index contributed by atoms with van der Waals surface area (Å²) in [6.07, 6.45) is 71.1. The molecular formula is C63H123N2O6P. The summed E-state index contributed by atoms with van der Waals surface area (Å²) in [5.41, 5.74) is 0. The Hall–Kier alpha value is -1.28. The van der Waals surface area contributed by atoms with E-state index in [1.165, 1.54) is 244 Å². The van der Waals surface area contributed by atoms with Gasteiger partial charge in [0, 0.05) is 6.42 Å². The second kappa shape index (κ2) is 54.5. The topological polar surface area (TPSA) is 108 Å². The molecule has 0 aromatic carbocycles. The third-order valence-corrected chi connectivity index (χ3v) is 15.3. The third-order valence-electron chi connectivity index (χ3n) is 14.3. The van der Waals surface area contributed by atoms with Gasteiger partial charge in [-0.3, -0.25) is 9.36 Å². The Morgan fingerprint density at radius 3 is 1.12 bits per heavy atom. The smallest absolute Gasteiger partial charge is 0.268 e. The molecule has 3 unspecified atom stereocenters. The zero-order chi connectivity index (χ0) is 52.7. The van der Waals surface area contributed by atoms with Crippen molar-refractivity contribution in [1.29, 1.82) is 0 Å². The lowest BCUT2D eigenvalue weighted by Gasteiger charge is -2.29. The molecule has 0 fully saturated rings. The van der Waals surface area contributed by atoms with Crippen molar-refractivity contribution >= 4 is 13.7 Å². The summed E-state index contributed by atoms with van der Waals surface area (Å²) in [6, 6.07) is -0.908. The van der Waals surface area contributed by atoms with Gasteiger partial charge < -0.3 is 28.8 Å². The molecule has 0 heterocycles. The summed E-state index contributed by atoms with van der Waals surface area (Å²) < 4.78 is 23.4. The molecule has 0 aliphatic rings. The van der Waals surface area contributed by atoms with E-state index in [2.05, 4.69) is 43.5 Å². The molecule has 2 N–H and O–H groups in total. The number of hydrogen-bond acceptors (Lipinski definition) is 6. The molecule has 9 heteroatoms. The average Bonchev–Trinajstić information content (AvgIpc) is 3.34. The molecule has 0 saturated carbocycles. The van der Waals surface area contributed by atoms with E-state index in [4.69, 9.17) is 9.05 Å². The Kier molecular flexibility index (Phi) is 53.5. The number of nitrogens with zero attached hydrogens (tertiary/aromatic N) is 1. The molecule has 0 bridgehead atoms. The van der Waals surface area contributed by atoms with Gasteiger partial charge in [-0.2, -0.15) is 0 Å². The fourth-order valence-corrected chi connectivity index (χ4v) is 10.1. The largest absolute Gasteiger partial charge is 0.756 e. The van der Waals surface area contributed by atoms with Crippen molar-refractivity contribution < 1.29 is 32.9 Å². The van der Waals surface area contributed by atoms with E-state index >= 15 is 0 Å². The van der Waals surface area contributed by atoms with E-state index in [9.17, 15) is 19.4 Å². The predicted molar refractivity (Wildman–Crippen MR) is 311 cm³/mol. The number of amides is 1. The minimum atomic E-state index is -4.61. The average molecular weight is 1040 g/mol. The SMILES string of the molecule is CCCCCCCCCCCCCCCCCCCCCCC/C=C/CC/C=C/CC/C=C/C(O)C(COP(=O)([O-])OCC[N+](C)(C)C)NC(=O)CCCCCCCCCCCCCCCCCCCCC. The zero-order valence-electron chi connectivity index (χ0n) is 48.6. The maximum Gasteiger partial charge on any atom is 0.268 e. The summed E-state index contributed by atoms with van der Waals surface area (Å²) >= 11 is 0. The highest BCUT2D eigenvalue weighted by Crippen LogP contribution is 2.38. The molecule has 1 amide bonds. The molecule has 3 atom stereocenters. The van der Waals surface area contributed by atoms with Gasteiger partial charge in [0.25, 0.3) is 7.82 Å². The minimum Gasteiger partial charge on any atom is -0.756 e. The second-order valence-electron chi connectivity index (χ2n) is 22.8. The highest BCUT2D eigenvalue weighted by atomic mass is 31.2. The van der Waals surface area contributed by atoms with E-state index in [1.807, 2.05) is 27.2 Å². The van der Waals surface area contributed by atoms with Crippen LogP contribution in [0.25, 0.3) is 0 Å². The number of carbonyl (C=O) groups is 1. The number of nitrogens with one attached hydrogen (secondary N) is 1. The number of likely N-dealkylation sites (N-methyl/N-ethyl adjacent to an activating group) is 1. The molecule has 0 saturated heterocycles. The standard InChI is InChI=1S/C63H123N2O6P/c1-6-8-10-12-14-16-18-20-22-24-26-27-28-29-30-31-32-33-34-35-36-37-39-40-42-44-46-48-50-52-54-56-62(66)61(60-71-72(68,69)70-59-58-65(3,4)5)64-63(67)57-55-53-51-49-47-45-43-41-38-25-23-21-19-17-15-13-11-9-7-2/h39-40,46,48,54,56,61-62,66H,6-38,41-45,47,49-53,55,57-60H2,1-5H3,(H-,64,67,68,69)/b40-39+,48-46+,56-54+. The van der Waals surface area contributed by atoms with Crippen LogP contribution in [-0.4, -0.2) is 68.5 Å². The highest BCUT2D eigenvalue weighted by Gasteiger charge is 2.23. The second-order valence-corrected chi connectivity index (χ2v) is 24.2. The summed E-state index contributed by atoms with van der Waals surface area (Å²) in [6.45, 7) is 4.67. The molecule has 8 nitrogen and oxygen atoms in total. The summed E-state index contributed by atoms with van der Waals surface area (Å²) in [4.78, 5) is 25.5. The number of allylic oxidation sites excluding steroid dienone is 5. The van der Waals surface area contributed by atoms with Crippen LogP contribution < -0.4 is 10.2 Å². The molecule has 72 heavy (non-hydrogen) atoms. The van der Waals surface area contributed by atoms with Gasteiger partial charge in [-0.1, -0.05) is 294 Å². The molecule has 0 aromatic heterocycles. The van der Waals surface area contributed by atoms with Gasteiger partial charge in [-0.15, -0.1) is 0 Å². The molecule has 0 radical (unpaired) electrons. The molecule has 0 spiro atoms. The van der Waals surface area contributed by atoms with E-state index < -0.39 is 26.6 Å². The van der Waals surface area contributed by atoms with Crippen molar-refractivity contribution in [2.75, 3.05) is 40.9 Å². The van der Waals surface area contributed by atoms with Crippen molar-refractivity contribution in [2.45, 2.75) is 321 Å². The molecule has 0 rings (SSSR count). The van der Waals surface area contributed by atoms with Crippen LogP contribution in [0.1, 0.15) is 309 Å². The van der Waals surface area contributed by atoms with Gasteiger partial charge in [0.15, 0.2) is 0 Å². The Labute approximate surface area is 448 Å². The Bertz CT molecular complexity index is 1270. The van der Waals surface area contributed by atoms with Gasteiger partial charge in [0.05, 0.1) is 39.9 Å². The van der Waals surface area contributed by atoms with Crippen LogP contribution in [0.15, 0.2) is 36.5 Å². The first-order valence-corrected chi connectivity index (χ1v) is 32.8. The van der Waals surface area contributed by atoms with Crippen LogP contribution in [0, 0.1) is 0 Å². The van der Waals surface area contributed by atoms with Gasteiger partial charge in [0.2, 0.25) is 5.91 Å². The maximum atomic E-state index is 13.0. The lowest BCUT2D eigenvalue weighted by Crippen LogP contribution is -2.45. The molecular weight excluding hydrogens is 912 g/mol. The fraction of sp³-hybridized carbons (Fsp3) is 0.889. The van der Waals surface area contributed by atoms with Gasteiger partial charge in [0.1, 0.15) is 13.2 Å². The number of rotatable bonds is 58. The van der Waals surface area contributed by atoms with Crippen LogP contribution >= 0.6 is 7.82 Å². The number of aliphatic hydroxyl groups is 1. The van der Waals surface area contributed by atoms with Gasteiger partial charge in [-0.05, 0) is 44.9 Å². The maximum absolute atomic E-state index is 13.0. The lowest BCUT2D eigenvalue weighted by molar-refractivity contribution is -0.870.